The number of anilines is 1. The van der Waals surface area contributed by atoms with E-state index in [1.807, 2.05) is 38.4 Å². The Bertz CT molecular complexity index is 690. The Hall–Kier alpha value is -2.25. The van der Waals surface area contributed by atoms with Crippen LogP contribution < -0.4 is 5.32 Å². The summed E-state index contributed by atoms with van der Waals surface area (Å²) in [6.07, 6.45) is 3.72. The molecule has 1 aromatic heterocycles. The first-order chi connectivity index (χ1) is 12.1. The lowest BCUT2D eigenvalue weighted by Crippen LogP contribution is -2.19. The lowest BCUT2D eigenvalue weighted by Gasteiger charge is -2.22. The van der Waals surface area contributed by atoms with Crippen molar-refractivity contribution in [2.75, 3.05) is 39.2 Å². The third-order valence-electron chi connectivity index (χ3n) is 4.40. The lowest BCUT2D eigenvalue weighted by atomic mass is 9.91. The molecule has 0 atom stereocenters. The van der Waals surface area contributed by atoms with E-state index in [0.29, 0.717) is 17.4 Å². The lowest BCUT2D eigenvalue weighted by molar-refractivity contribution is 0.0853. The third kappa shape index (κ3) is 4.87. The summed E-state index contributed by atoms with van der Waals surface area (Å²) in [5.41, 5.74) is 1.88. The van der Waals surface area contributed by atoms with Gasteiger partial charge in [0.05, 0.1) is 6.54 Å². The number of nitrogens with one attached hydrogen (secondary N) is 1. The molecule has 7 heteroatoms. The van der Waals surface area contributed by atoms with E-state index >= 15 is 0 Å². The molecular formula is C18H25N5O2. The van der Waals surface area contributed by atoms with Gasteiger partial charge in [0.15, 0.2) is 0 Å². The Balaban J connectivity index is 1.57. The summed E-state index contributed by atoms with van der Waals surface area (Å²) in [6, 6.07) is 7.80. The third-order valence-corrected chi connectivity index (χ3v) is 4.40. The van der Waals surface area contributed by atoms with Crippen molar-refractivity contribution >= 4 is 11.9 Å². The average molecular weight is 343 g/mol. The Morgan fingerprint density at radius 1 is 1.28 bits per heavy atom. The zero-order chi connectivity index (χ0) is 17.6. The maximum absolute atomic E-state index is 12.3. The molecule has 25 heavy (non-hydrogen) atoms. The minimum absolute atomic E-state index is 0.191. The normalized spacial score (nSPS) is 15.5. The summed E-state index contributed by atoms with van der Waals surface area (Å²) in [5, 5.41) is 7.02. The molecule has 0 bridgehead atoms. The van der Waals surface area contributed by atoms with E-state index in [1.165, 1.54) is 5.56 Å². The summed E-state index contributed by atoms with van der Waals surface area (Å²) >= 11 is 0. The predicted molar refractivity (Wildman–Crippen MR) is 95.8 cm³/mol. The van der Waals surface area contributed by atoms with E-state index in [-0.39, 0.29) is 5.91 Å². The summed E-state index contributed by atoms with van der Waals surface area (Å²) in [7, 11) is 4.01. The van der Waals surface area contributed by atoms with Crippen LogP contribution in [0.4, 0.5) is 5.95 Å². The maximum Gasteiger partial charge on any atom is 0.258 e. The number of hydrogen-bond donors (Lipinski definition) is 1. The van der Waals surface area contributed by atoms with E-state index in [9.17, 15) is 4.79 Å². The average Bonchev–Trinajstić information content (AvgIpc) is 3.08. The number of rotatable bonds is 6. The van der Waals surface area contributed by atoms with Crippen molar-refractivity contribution in [2.45, 2.75) is 25.3 Å². The fraction of sp³-hybridized carbons (Fsp3) is 0.500. The fourth-order valence-corrected chi connectivity index (χ4v) is 2.87. The molecule has 0 radical (unpaired) electrons. The summed E-state index contributed by atoms with van der Waals surface area (Å²) in [6.45, 7) is 3.23. The van der Waals surface area contributed by atoms with Gasteiger partial charge in [0.2, 0.25) is 5.95 Å². The monoisotopic (exact) mass is 343 g/mol. The summed E-state index contributed by atoms with van der Waals surface area (Å²) in [5.74, 6) is 0.668. The van der Waals surface area contributed by atoms with Gasteiger partial charge in [-0.25, -0.2) is 9.67 Å². The minimum atomic E-state index is -0.191. The van der Waals surface area contributed by atoms with Gasteiger partial charge in [-0.15, -0.1) is 5.10 Å². The number of carbonyl (C=O) groups excluding carboxylic acids is 1. The van der Waals surface area contributed by atoms with Gasteiger partial charge in [-0.05, 0) is 50.6 Å². The number of aromatic nitrogens is 3. The Kier molecular flexibility index (Phi) is 5.78. The molecule has 1 aliphatic heterocycles. The topological polar surface area (TPSA) is 72.3 Å². The Labute approximate surface area is 148 Å². The highest BCUT2D eigenvalue weighted by molar-refractivity contribution is 6.03. The highest BCUT2D eigenvalue weighted by Crippen LogP contribution is 2.26. The molecule has 1 fully saturated rings. The number of hydrogen-bond acceptors (Lipinski definition) is 5. The second kappa shape index (κ2) is 8.22. The van der Waals surface area contributed by atoms with E-state index in [0.717, 1.165) is 39.1 Å². The van der Waals surface area contributed by atoms with Gasteiger partial charge >= 0.3 is 0 Å². The van der Waals surface area contributed by atoms with Gasteiger partial charge in [-0.2, -0.15) is 0 Å². The maximum atomic E-state index is 12.3. The van der Waals surface area contributed by atoms with Gasteiger partial charge in [0.1, 0.15) is 6.33 Å². The zero-order valence-electron chi connectivity index (χ0n) is 14.8. The Morgan fingerprint density at radius 2 is 2.00 bits per heavy atom. The van der Waals surface area contributed by atoms with Crippen LogP contribution in [0.5, 0.6) is 0 Å². The smallest absolute Gasteiger partial charge is 0.258 e. The molecule has 2 heterocycles. The Morgan fingerprint density at radius 3 is 2.68 bits per heavy atom. The predicted octanol–water partition coefficient (Wildman–Crippen LogP) is 1.99. The van der Waals surface area contributed by atoms with Gasteiger partial charge in [0.25, 0.3) is 5.91 Å². The van der Waals surface area contributed by atoms with E-state index in [1.54, 1.807) is 11.0 Å². The van der Waals surface area contributed by atoms with Crippen LogP contribution in [0.1, 0.15) is 34.7 Å². The van der Waals surface area contributed by atoms with Crippen LogP contribution in [0.3, 0.4) is 0 Å². The molecule has 7 nitrogen and oxygen atoms in total. The first kappa shape index (κ1) is 17.6. The van der Waals surface area contributed by atoms with Crippen LogP contribution in [0.2, 0.25) is 0 Å². The standard InChI is InChI=1S/C18H25N5O2/c1-22(2)9-10-23-13-19-18(21-23)20-17(24)16-5-3-14(4-6-16)15-7-11-25-12-8-15/h3-6,13,15H,7-12H2,1-2H3,(H,20,21,24). The number of benzene rings is 1. The minimum Gasteiger partial charge on any atom is -0.381 e. The molecule has 0 aliphatic carbocycles. The quantitative estimate of drug-likeness (QED) is 0.868. The van der Waals surface area contributed by atoms with Crippen LogP contribution >= 0.6 is 0 Å². The highest BCUT2D eigenvalue weighted by atomic mass is 16.5. The second-order valence-electron chi connectivity index (χ2n) is 6.60. The van der Waals surface area contributed by atoms with Crippen molar-refractivity contribution < 1.29 is 9.53 Å². The van der Waals surface area contributed by atoms with Crippen molar-refractivity contribution in [1.82, 2.24) is 19.7 Å². The molecule has 1 saturated heterocycles. The molecule has 1 amide bonds. The van der Waals surface area contributed by atoms with Crippen molar-refractivity contribution in [3.63, 3.8) is 0 Å². The van der Waals surface area contributed by atoms with E-state index in [4.69, 9.17) is 4.74 Å². The van der Waals surface area contributed by atoms with E-state index in [2.05, 4.69) is 20.3 Å². The largest absolute Gasteiger partial charge is 0.381 e. The van der Waals surface area contributed by atoms with Crippen LogP contribution in [-0.4, -0.2) is 59.4 Å². The molecule has 1 aliphatic rings. The van der Waals surface area contributed by atoms with Crippen molar-refractivity contribution in [3.05, 3.63) is 41.7 Å². The number of nitrogens with zero attached hydrogens (tertiary/aromatic N) is 4. The number of amides is 1. The first-order valence-electron chi connectivity index (χ1n) is 8.65. The number of likely N-dealkylation sites (N-methyl/N-ethyl adjacent to an activating group) is 1. The van der Waals surface area contributed by atoms with Crippen LogP contribution in [0.15, 0.2) is 30.6 Å². The molecule has 134 valence electrons. The van der Waals surface area contributed by atoms with Crippen molar-refractivity contribution in [1.29, 1.82) is 0 Å². The second-order valence-corrected chi connectivity index (χ2v) is 6.60. The van der Waals surface area contributed by atoms with Crippen LogP contribution in [0.25, 0.3) is 0 Å². The van der Waals surface area contributed by atoms with Gasteiger partial charge in [-0.1, -0.05) is 12.1 Å². The molecular weight excluding hydrogens is 318 g/mol. The van der Waals surface area contributed by atoms with Crippen LogP contribution in [0, 0.1) is 0 Å². The molecule has 2 aromatic rings. The molecule has 0 spiro atoms. The molecule has 1 aromatic carbocycles. The molecule has 0 unspecified atom stereocenters. The SMILES string of the molecule is CN(C)CCn1cnc(NC(=O)c2ccc(C3CCOCC3)cc2)n1. The molecule has 1 N–H and O–H groups in total. The van der Waals surface area contributed by atoms with Gasteiger partial charge < -0.3 is 9.64 Å². The first-order valence-corrected chi connectivity index (χ1v) is 8.65. The van der Waals surface area contributed by atoms with Gasteiger partial charge in [-0.3, -0.25) is 10.1 Å². The van der Waals surface area contributed by atoms with Crippen molar-refractivity contribution in [3.8, 4) is 0 Å². The van der Waals surface area contributed by atoms with E-state index < -0.39 is 0 Å². The highest BCUT2D eigenvalue weighted by Gasteiger charge is 2.16. The molecule has 3 rings (SSSR count). The molecule has 0 saturated carbocycles. The van der Waals surface area contributed by atoms with Crippen molar-refractivity contribution in [2.24, 2.45) is 0 Å². The number of carbonyl (C=O) groups is 1. The zero-order valence-corrected chi connectivity index (χ0v) is 14.8. The summed E-state index contributed by atoms with van der Waals surface area (Å²) < 4.78 is 7.13. The van der Waals surface area contributed by atoms with Crippen LogP contribution in [-0.2, 0) is 11.3 Å². The van der Waals surface area contributed by atoms with Gasteiger partial charge in [0, 0.05) is 25.3 Å². The number of ether oxygens (including phenoxy) is 1. The fourth-order valence-electron chi connectivity index (χ4n) is 2.87. The summed E-state index contributed by atoms with van der Waals surface area (Å²) in [4.78, 5) is 18.6.